The number of rotatable bonds is 7. The lowest BCUT2D eigenvalue weighted by Gasteiger charge is -2.41. The van der Waals surface area contributed by atoms with Crippen LogP contribution in [0.15, 0.2) is 73.1 Å². The molecule has 184 valence electrons. The van der Waals surface area contributed by atoms with Gasteiger partial charge in [-0.25, -0.2) is 5.06 Å². The Balaban J connectivity index is 1.75. The van der Waals surface area contributed by atoms with Crippen molar-refractivity contribution in [1.29, 1.82) is 0 Å². The van der Waals surface area contributed by atoms with E-state index < -0.39 is 11.6 Å². The van der Waals surface area contributed by atoms with E-state index in [2.05, 4.69) is 10.1 Å². The van der Waals surface area contributed by atoms with E-state index >= 15 is 0 Å². The highest BCUT2D eigenvalue weighted by molar-refractivity contribution is 6.30. The van der Waals surface area contributed by atoms with Crippen molar-refractivity contribution < 1.29 is 14.7 Å². The van der Waals surface area contributed by atoms with Gasteiger partial charge in [-0.3, -0.25) is 19.3 Å². The molecule has 4 aromatic rings. The number of halogens is 2. The Bertz CT molecular complexity index is 1410. The van der Waals surface area contributed by atoms with Crippen LogP contribution in [0.4, 0.5) is 0 Å². The van der Waals surface area contributed by atoms with Crippen LogP contribution in [0.2, 0.25) is 10.0 Å². The minimum atomic E-state index is -1.30. The number of hydroxylamine groups is 2. The van der Waals surface area contributed by atoms with Gasteiger partial charge in [0, 0.05) is 54.1 Å². The second kappa shape index (κ2) is 9.67. The first-order valence-corrected chi connectivity index (χ1v) is 12.1. The number of amides is 1. The van der Waals surface area contributed by atoms with Crippen molar-refractivity contribution in [3.63, 3.8) is 0 Å². The van der Waals surface area contributed by atoms with Crippen LogP contribution < -0.4 is 0 Å². The molecular formula is C27H24Cl2N4O3. The topological polar surface area (TPSA) is 80.5 Å². The van der Waals surface area contributed by atoms with Gasteiger partial charge in [-0.05, 0) is 47.5 Å². The quantitative estimate of drug-likeness (QED) is 0.375. The van der Waals surface area contributed by atoms with Crippen molar-refractivity contribution in [2.24, 2.45) is 7.05 Å². The molecule has 0 fully saturated rings. The number of aliphatic hydroxyl groups excluding tert-OH is 1. The fourth-order valence-electron chi connectivity index (χ4n) is 5.01. The van der Waals surface area contributed by atoms with E-state index in [1.807, 2.05) is 43.6 Å². The number of carbonyl (C=O) groups excluding carboxylic acids is 1. The molecule has 1 unspecified atom stereocenters. The molecule has 0 radical (unpaired) electrons. The van der Waals surface area contributed by atoms with Crippen LogP contribution in [-0.4, -0.2) is 44.1 Å². The molecule has 1 aliphatic heterocycles. The number of hydrogen-bond donors (Lipinski definition) is 1. The summed E-state index contributed by atoms with van der Waals surface area (Å²) in [6.45, 7) is 0. The van der Waals surface area contributed by atoms with Gasteiger partial charge in [0.2, 0.25) is 0 Å². The van der Waals surface area contributed by atoms with E-state index in [1.54, 1.807) is 41.2 Å². The zero-order valence-corrected chi connectivity index (χ0v) is 21.2. The van der Waals surface area contributed by atoms with Gasteiger partial charge in [0.25, 0.3) is 5.91 Å². The van der Waals surface area contributed by atoms with E-state index in [0.717, 1.165) is 11.1 Å². The van der Waals surface area contributed by atoms with Crippen LogP contribution >= 0.6 is 23.2 Å². The Morgan fingerprint density at radius 2 is 1.72 bits per heavy atom. The van der Waals surface area contributed by atoms with Crippen molar-refractivity contribution >= 4 is 29.1 Å². The zero-order chi connectivity index (χ0) is 25.4. The predicted molar refractivity (Wildman–Crippen MR) is 138 cm³/mol. The molecule has 0 bridgehead atoms. The summed E-state index contributed by atoms with van der Waals surface area (Å²) in [5, 5.41) is 18.8. The Morgan fingerprint density at radius 3 is 2.36 bits per heavy atom. The summed E-state index contributed by atoms with van der Waals surface area (Å²) in [5.74, 6) is -0.336. The van der Waals surface area contributed by atoms with E-state index in [-0.39, 0.29) is 18.7 Å². The number of benzene rings is 2. The number of fused-ring (bicyclic) bond motifs is 1. The van der Waals surface area contributed by atoms with Crippen LogP contribution in [0.5, 0.6) is 0 Å². The standard InChI is InChI=1S/C27H24Cl2N4O3/c1-32-13-12-20(31-32)14-24(34)27(15-21-11-10-19(29)16-30-21)25-22(17-6-8-18(28)9-7-17)4-3-5-23(25)26(35)33(27)36-2/h3-13,16,24,34H,14-15H2,1-2H3/t24?,27-/m0/s1. The number of hydrogen-bond acceptors (Lipinski definition) is 5. The van der Waals surface area contributed by atoms with Crippen LogP contribution in [0.1, 0.15) is 27.3 Å². The molecule has 7 nitrogen and oxygen atoms in total. The normalized spacial score (nSPS) is 17.9. The fourth-order valence-corrected chi connectivity index (χ4v) is 5.25. The molecule has 1 amide bonds. The molecule has 0 spiro atoms. The number of pyridine rings is 1. The number of carbonyl (C=O) groups is 1. The van der Waals surface area contributed by atoms with Gasteiger partial charge >= 0.3 is 0 Å². The molecule has 1 N–H and O–H groups in total. The lowest BCUT2D eigenvalue weighted by atomic mass is 9.76. The van der Waals surface area contributed by atoms with E-state index in [0.29, 0.717) is 32.6 Å². The third kappa shape index (κ3) is 4.18. The average molecular weight is 523 g/mol. The molecular weight excluding hydrogens is 499 g/mol. The molecule has 1 aliphatic rings. The fraction of sp³-hybridized carbons (Fsp3) is 0.222. The molecule has 2 aromatic heterocycles. The van der Waals surface area contributed by atoms with E-state index in [9.17, 15) is 9.90 Å². The largest absolute Gasteiger partial charge is 0.390 e. The molecule has 2 atom stereocenters. The maximum absolute atomic E-state index is 13.7. The number of aryl methyl sites for hydroxylation is 1. The highest BCUT2D eigenvalue weighted by Crippen LogP contribution is 2.49. The lowest BCUT2D eigenvalue weighted by Crippen LogP contribution is -2.54. The Kier molecular flexibility index (Phi) is 6.57. The first kappa shape index (κ1) is 24.5. The summed E-state index contributed by atoms with van der Waals surface area (Å²) in [5.41, 5.74) is 2.82. The molecule has 2 aromatic carbocycles. The molecule has 5 rings (SSSR count). The van der Waals surface area contributed by atoms with Crippen molar-refractivity contribution in [2.75, 3.05) is 7.11 Å². The first-order chi connectivity index (χ1) is 17.3. The van der Waals surface area contributed by atoms with Gasteiger partial charge in [-0.2, -0.15) is 5.10 Å². The summed E-state index contributed by atoms with van der Waals surface area (Å²) in [4.78, 5) is 23.9. The number of aromatic nitrogens is 3. The Morgan fingerprint density at radius 1 is 1.00 bits per heavy atom. The van der Waals surface area contributed by atoms with Crippen molar-refractivity contribution in [2.45, 2.75) is 24.5 Å². The minimum absolute atomic E-state index is 0.190. The van der Waals surface area contributed by atoms with Crippen LogP contribution in [-0.2, 0) is 30.3 Å². The van der Waals surface area contributed by atoms with E-state index in [1.165, 1.54) is 12.2 Å². The molecule has 9 heteroatoms. The van der Waals surface area contributed by atoms with Gasteiger partial charge in [-0.1, -0.05) is 47.5 Å². The lowest BCUT2D eigenvalue weighted by molar-refractivity contribution is -0.192. The zero-order valence-electron chi connectivity index (χ0n) is 19.7. The SMILES string of the molecule is CON1C(=O)c2cccc(-c3ccc(Cl)cc3)c2[C@]1(Cc1ccc(Cl)cn1)C(O)Cc1ccn(C)n1. The summed E-state index contributed by atoms with van der Waals surface area (Å²) in [6.07, 6.45) is 2.67. The monoisotopic (exact) mass is 522 g/mol. The molecule has 0 saturated carbocycles. The number of nitrogens with zero attached hydrogens (tertiary/aromatic N) is 4. The first-order valence-electron chi connectivity index (χ1n) is 11.4. The third-order valence-corrected chi connectivity index (χ3v) is 7.05. The predicted octanol–water partition coefficient (Wildman–Crippen LogP) is 4.85. The summed E-state index contributed by atoms with van der Waals surface area (Å²) in [6, 6.07) is 18.3. The maximum atomic E-state index is 13.7. The minimum Gasteiger partial charge on any atom is -0.390 e. The van der Waals surface area contributed by atoms with Crippen LogP contribution in [0, 0.1) is 0 Å². The van der Waals surface area contributed by atoms with Crippen molar-refractivity contribution in [3.8, 4) is 11.1 Å². The molecule has 3 heterocycles. The summed E-state index contributed by atoms with van der Waals surface area (Å²) in [7, 11) is 3.25. The molecule has 36 heavy (non-hydrogen) atoms. The Hall–Kier alpha value is -3.23. The smallest absolute Gasteiger partial charge is 0.278 e. The van der Waals surface area contributed by atoms with Crippen LogP contribution in [0.3, 0.4) is 0 Å². The maximum Gasteiger partial charge on any atom is 0.278 e. The summed E-state index contributed by atoms with van der Waals surface area (Å²) >= 11 is 12.2. The number of aliphatic hydroxyl groups is 1. The summed E-state index contributed by atoms with van der Waals surface area (Å²) < 4.78 is 1.68. The van der Waals surface area contributed by atoms with Gasteiger partial charge in [-0.15, -0.1) is 0 Å². The highest BCUT2D eigenvalue weighted by Gasteiger charge is 2.56. The highest BCUT2D eigenvalue weighted by atomic mass is 35.5. The molecule has 0 saturated heterocycles. The van der Waals surface area contributed by atoms with Gasteiger partial charge < -0.3 is 5.11 Å². The van der Waals surface area contributed by atoms with Gasteiger partial charge in [0.05, 0.1) is 23.9 Å². The second-order valence-corrected chi connectivity index (χ2v) is 9.66. The van der Waals surface area contributed by atoms with Crippen molar-refractivity contribution in [3.05, 3.63) is 106 Å². The van der Waals surface area contributed by atoms with E-state index in [4.69, 9.17) is 28.0 Å². The van der Waals surface area contributed by atoms with Gasteiger partial charge in [0.1, 0.15) is 5.54 Å². The average Bonchev–Trinajstić information content (AvgIpc) is 3.39. The Labute approximate surface area is 218 Å². The van der Waals surface area contributed by atoms with Crippen molar-refractivity contribution in [1.82, 2.24) is 19.8 Å². The van der Waals surface area contributed by atoms with Crippen LogP contribution in [0.25, 0.3) is 11.1 Å². The molecule has 0 aliphatic carbocycles. The van der Waals surface area contributed by atoms with Gasteiger partial charge in [0.15, 0.2) is 0 Å². The second-order valence-electron chi connectivity index (χ2n) is 8.79. The third-order valence-electron chi connectivity index (χ3n) is 6.57.